The number of nitrogen functional groups attached to an aromatic ring is 2. The molecule has 1 aliphatic carbocycles. The van der Waals surface area contributed by atoms with Crippen molar-refractivity contribution < 1.29 is 13.2 Å². The van der Waals surface area contributed by atoms with Crippen LogP contribution < -0.4 is 11.5 Å². The van der Waals surface area contributed by atoms with E-state index < -0.39 is 12.0 Å². The highest BCUT2D eigenvalue weighted by atomic mass is 19.4. The van der Waals surface area contributed by atoms with Crippen LogP contribution in [0.15, 0.2) is 0 Å². The van der Waals surface area contributed by atoms with E-state index in [-0.39, 0.29) is 23.1 Å². The van der Waals surface area contributed by atoms with Crippen LogP contribution in [-0.4, -0.2) is 9.97 Å². The summed E-state index contributed by atoms with van der Waals surface area (Å²) >= 11 is 0. The molecular weight excluding hydrogens is 245 g/mol. The van der Waals surface area contributed by atoms with Crippen LogP contribution in [0.3, 0.4) is 0 Å². The Morgan fingerprint density at radius 3 is 2.17 bits per heavy atom. The van der Waals surface area contributed by atoms with Gasteiger partial charge in [0, 0.05) is 5.92 Å². The van der Waals surface area contributed by atoms with E-state index in [1.54, 1.807) is 0 Å². The summed E-state index contributed by atoms with van der Waals surface area (Å²) in [7, 11) is 0. The van der Waals surface area contributed by atoms with Gasteiger partial charge < -0.3 is 11.5 Å². The largest absolute Gasteiger partial charge is 0.451 e. The molecule has 1 aromatic rings. The van der Waals surface area contributed by atoms with Crippen molar-refractivity contribution in [1.82, 2.24) is 9.97 Å². The molecule has 0 unspecified atom stereocenters. The van der Waals surface area contributed by atoms with Gasteiger partial charge in [-0.2, -0.15) is 13.2 Å². The van der Waals surface area contributed by atoms with Crippen LogP contribution in [0.5, 0.6) is 0 Å². The number of nitrogens with zero attached hydrogens (tertiary/aromatic N) is 2. The van der Waals surface area contributed by atoms with Gasteiger partial charge >= 0.3 is 6.18 Å². The monoisotopic (exact) mass is 260 g/mol. The molecule has 0 amide bonds. The first-order valence-electron chi connectivity index (χ1n) is 5.89. The van der Waals surface area contributed by atoms with Gasteiger partial charge in [0.1, 0.15) is 0 Å². The molecule has 7 heteroatoms. The Morgan fingerprint density at radius 2 is 1.61 bits per heavy atom. The lowest BCUT2D eigenvalue weighted by Crippen LogP contribution is -2.19. The van der Waals surface area contributed by atoms with E-state index in [0.29, 0.717) is 0 Å². The maximum absolute atomic E-state index is 12.6. The molecule has 100 valence electrons. The summed E-state index contributed by atoms with van der Waals surface area (Å²) in [5.41, 5.74) is 11.5. The van der Waals surface area contributed by atoms with E-state index in [1.165, 1.54) is 0 Å². The fourth-order valence-corrected chi connectivity index (χ4v) is 2.32. The third-order valence-electron chi connectivity index (χ3n) is 3.25. The molecule has 18 heavy (non-hydrogen) atoms. The second kappa shape index (κ2) is 4.62. The third-order valence-corrected chi connectivity index (χ3v) is 3.25. The van der Waals surface area contributed by atoms with Crippen molar-refractivity contribution >= 4 is 11.5 Å². The maximum atomic E-state index is 12.6. The molecule has 4 N–H and O–H groups in total. The normalized spacial score (nSPS) is 17.9. The van der Waals surface area contributed by atoms with E-state index in [2.05, 4.69) is 9.97 Å². The SMILES string of the molecule is Nc1nc(C(F)(F)F)nc(C2CCCCC2)c1N. The predicted octanol–water partition coefficient (Wildman–Crippen LogP) is 2.71. The van der Waals surface area contributed by atoms with Crippen LogP contribution in [-0.2, 0) is 6.18 Å². The predicted molar refractivity (Wildman–Crippen MR) is 61.7 cm³/mol. The first-order valence-corrected chi connectivity index (χ1v) is 5.89. The van der Waals surface area contributed by atoms with Gasteiger partial charge in [-0.15, -0.1) is 0 Å². The average molecular weight is 260 g/mol. The Kier molecular flexibility index (Phi) is 3.32. The Bertz CT molecular complexity index is 439. The summed E-state index contributed by atoms with van der Waals surface area (Å²) < 4.78 is 37.9. The second-order valence-corrected chi connectivity index (χ2v) is 4.56. The molecule has 0 bridgehead atoms. The molecule has 1 aliphatic rings. The summed E-state index contributed by atoms with van der Waals surface area (Å²) in [6, 6.07) is 0. The number of hydrogen-bond donors (Lipinski definition) is 2. The van der Waals surface area contributed by atoms with Crippen LogP contribution in [0.2, 0.25) is 0 Å². The number of hydrogen-bond acceptors (Lipinski definition) is 4. The van der Waals surface area contributed by atoms with Gasteiger partial charge in [0.25, 0.3) is 0 Å². The number of nitrogens with two attached hydrogens (primary N) is 2. The van der Waals surface area contributed by atoms with Gasteiger partial charge in [-0.05, 0) is 12.8 Å². The van der Waals surface area contributed by atoms with Gasteiger partial charge in [-0.25, -0.2) is 9.97 Å². The quantitative estimate of drug-likeness (QED) is 0.813. The van der Waals surface area contributed by atoms with Gasteiger partial charge in [-0.1, -0.05) is 19.3 Å². The minimum Gasteiger partial charge on any atom is -0.394 e. The fourth-order valence-electron chi connectivity index (χ4n) is 2.32. The third kappa shape index (κ3) is 2.49. The summed E-state index contributed by atoms with van der Waals surface area (Å²) in [6.45, 7) is 0. The molecule has 0 aromatic carbocycles. The van der Waals surface area contributed by atoms with Crippen LogP contribution in [0.1, 0.15) is 49.5 Å². The molecule has 0 atom stereocenters. The highest BCUT2D eigenvalue weighted by molar-refractivity contribution is 5.62. The van der Waals surface area contributed by atoms with Crippen LogP contribution in [0, 0.1) is 0 Å². The maximum Gasteiger partial charge on any atom is 0.451 e. The smallest absolute Gasteiger partial charge is 0.394 e. The molecule has 4 nitrogen and oxygen atoms in total. The summed E-state index contributed by atoms with van der Waals surface area (Å²) in [5, 5.41) is 0. The molecule has 0 aliphatic heterocycles. The minimum atomic E-state index is -4.59. The van der Waals surface area contributed by atoms with Gasteiger partial charge in [0.15, 0.2) is 5.82 Å². The van der Waals surface area contributed by atoms with E-state index >= 15 is 0 Å². The van der Waals surface area contributed by atoms with Crippen LogP contribution in [0.25, 0.3) is 0 Å². The highest BCUT2D eigenvalue weighted by Gasteiger charge is 2.36. The Hall–Kier alpha value is -1.53. The summed E-state index contributed by atoms with van der Waals surface area (Å²) in [5.74, 6) is -1.52. The van der Waals surface area contributed by atoms with E-state index in [9.17, 15) is 13.2 Å². The standard InChI is InChI=1S/C11H15F3N4/c12-11(13,14)10-17-8(7(15)9(16)18-10)6-4-2-1-3-5-6/h6H,1-5,15H2,(H2,16,17,18). The molecule has 0 radical (unpaired) electrons. The van der Waals surface area contributed by atoms with E-state index in [1.807, 2.05) is 0 Å². The Labute approximate surface area is 103 Å². The number of rotatable bonds is 1. The van der Waals surface area contributed by atoms with Crippen LogP contribution >= 0.6 is 0 Å². The van der Waals surface area contributed by atoms with Crippen molar-refractivity contribution in [2.75, 3.05) is 11.5 Å². The van der Waals surface area contributed by atoms with Gasteiger partial charge in [0.05, 0.1) is 11.4 Å². The van der Waals surface area contributed by atoms with Crippen molar-refractivity contribution in [2.24, 2.45) is 0 Å². The lowest BCUT2D eigenvalue weighted by atomic mass is 9.86. The molecule has 0 spiro atoms. The lowest BCUT2D eigenvalue weighted by molar-refractivity contribution is -0.145. The summed E-state index contributed by atoms with van der Waals surface area (Å²) in [4.78, 5) is 6.80. The van der Waals surface area contributed by atoms with Gasteiger partial charge in [0.2, 0.25) is 5.82 Å². The lowest BCUT2D eigenvalue weighted by Gasteiger charge is -2.23. The van der Waals surface area contributed by atoms with Crippen molar-refractivity contribution in [3.05, 3.63) is 11.5 Å². The molecule has 1 fully saturated rings. The zero-order valence-corrected chi connectivity index (χ0v) is 9.80. The molecule has 1 saturated carbocycles. The first-order chi connectivity index (χ1) is 8.39. The number of alkyl halides is 3. The molecule has 2 rings (SSSR count). The number of halogens is 3. The van der Waals surface area contributed by atoms with Crippen molar-refractivity contribution in [2.45, 2.75) is 44.2 Å². The van der Waals surface area contributed by atoms with Crippen molar-refractivity contribution in [3.8, 4) is 0 Å². The summed E-state index contributed by atoms with van der Waals surface area (Å²) in [6.07, 6.45) is 0.0783. The molecule has 1 heterocycles. The topological polar surface area (TPSA) is 77.8 Å². The minimum absolute atomic E-state index is 0.0369. The van der Waals surface area contributed by atoms with E-state index in [4.69, 9.17) is 11.5 Å². The first kappa shape index (κ1) is 12.9. The number of anilines is 2. The zero-order valence-electron chi connectivity index (χ0n) is 9.80. The average Bonchev–Trinajstić information content (AvgIpc) is 2.32. The number of aromatic nitrogens is 2. The molecule has 1 aromatic heterocycles. The van der Waals surface area contributed by atoms with Crippen molar-refractivity contribution in [3.63, 3.8) is 0 Å². The second-order valence-electron chi connectivity index (χ2n) is 4.56. The molecule has 0 saturated heterocycles. The molecular formula is C11H15F3N4. The fraction of sp³-hybridized carbons (Fsp3) is 0.636. The zero-order chi connectivity index (χ0) is 13.3. The van der Waals surface area contributed by atoms with Crippen LogP contribution in [0.4, 0.5) is 24.7 Å². The highest BCUT2D eigenvalue weighted by Crippen LogP contribution is 2.37. The Morgan fingerprint density at radius 1 is 1.00 bits per heavy atom. The van der Waals surface area contributed by atoms with Gasteiger partial charge in [-0.3, -0.25) is 0 Å². The Balaban J connectivity index is 2.42. The van der Waals surface area contributed by atoms with E-state index in [0.717, 1.165) is 32.1 Å². The van der Waals surface area contributed by atoms with Crippen molar-refractivity contribution in [1.29, 1.82) is 0 Å².